The van der Waals surface area contributed by atoms with Gasteiger partial charge in [0.1, 0.15) is 5.65 Å². The quantitative estimate of drug-likeness (QED) is 0.177. The first-order valence-electron chi connectivity index (χ1n) is 19.3. The highest BCUT2D eigenvalue weighted by atomic mass is 15.0. The van der Waals surface area contributed by atoms with E-state index in [1.54, 1.807) is 0 Å². The average Bonchev–Trinajstić information content (AvgIpc) is 3.92. The zero-order chi connectivity index (χ0) is 37.5. The van der Waals surface area contributed by atoms with Crippen LogP contribution in [-0.4, -0.2) is 24.1 Å². The number of pyridine rings is 3. The Hall–Kier alpha value is -7.63. The molecular weight excluding hydrogens is 695 g/mol. The summed E-state index contributed by atoms with van der Waals surface area (Å²) in [5.41, 5.74) is 16.8. The second-order valence-electron chi connectivity index (χ2n) is 14.8. The molecule has 0 saturated carbocycles. The highest BCUT2D eigenvalue weighted by Crippen LogP contribution is 2.58. The van der Waals surface area contributed by atoms with Crippen molar-refractivity contribution in [3.8, 4) is 33.6 Å². The van der Waals surface area contributed by atoms with Crippen LogP contribution in [0.1, 0.15) is 22.3 Å². The SMILES string of the molecule is c1ccc(C2(c3ccccc3)c3ccccc3-c3c2ccc2c4ncccc4n(-c4ccc(-c5ccc(-n6c7ccncc7c7cccnc76)cc5)cc4)c32)cc1. The van der Waals surface area contributed by atoms with Gasteiger partial charge < -0.3 is 4.57 Å². The second-order valence-corrected chi connectivity index (χ2v) is 14.8. The van der Waals surface area contributed by atoms with Crippen molar-refractivity contribution in [1.82, 2.24) is 24.1 Å². The predicted molar refractivity (Wildman–Crippen MR) is 231 cm³/mol. The van der Waals surface area contributed by atoms with Crippen LogP contribution < -0.4 is 0 Å². The number of nitrogens with zero attached hydrogens (tertiary/aromatic N) is 5. The van der Waals surface area contributed by atoms with Gasteiger partial charge >= 0.3 is 0 Å². The molecule has 0 fully saturated rings. The summed E-state index contributed by atoms with van der Waals surface area (Å²) in [7, 11) is 0. The smallest absolute Gasteiger partial charge is 0.145 e. The number of hydrogen-bond acceptors (Lipinski definition) is 3. The van der Waals surface area contributed by atoms with E-state index in [1.807, 2.05) is 36.9 Å². The van der Waals surface area contributed by atoms with E-state index in [4.69, 9.17) is 9.97 Å². The molecule has 0 N–H and O–H groups in total. The molecule has 12 rings (SSSR count). The molecule has 0 bridgehead atoms. The summed E-state index contributed by atoms with van der Waals surface area (Å²) in [6.45, 7) is 0. The van der Waals surface area contributed by atoms with Crippen molar-refractivity contribution in [1.29, 1.82) is 0 Å². The van der Waals surface area contributed by atoms with Crippen molar-refractivity contribution in [3.63, 3.8) is 0 Å². The third kappa shape index (κ3) is 4.42. The first-order valence-corrected chi connectivity index (χ1v) is 19.3. The van der Waals surface area contributed by atoms with E-state index in [2.05, 4.69) is 178 Å². The molecule has 0 unspecified atom stereocenters. The minimum atomic E-state index is -0.487. The van der Waals surface area contributed by atoms with Crippen molar-refractivity contribution >= 4 is 43.9 Å². The minimum absolute atomic E-state index is 0.487. The first kappa shape index (κ1) is 31.7. The van der Waals surface area contributed by atoms with Gasteiger partial charge in [0, 0.05) is 57.9 Å². The molecule has 0 amide bonds. The molecule has 5 nitrogen and oxygen atoms in total. The fourth-order valence-electron chi connectivity index (χ4n) is 9.67. The number of benzene rings is 6. The average molecular weight is 728 g/mol. The number of hydrogen-bond donors (Lipinski definition) is 0. The van der Waals surface area contributed by atoms with Crippen LogP contribution in [0.4, 0.5) is 0 Å². The highest BCUT2D eigenvalue weighted by molar-refractivity contribution is 6.15. The highest BCUT2D eigenvalue weighted by Gasteiger charge is 2.47. The molecule has 5 heterocycles. The van der Waals surface area contributed by atoms with Gasteiger partial charge in [-0.2, -0.15) is 0 Å². The van der Waals surface area contributed by atoms with Crippen LogP contribution in [-0.2, 0) is 5.41 Å². The summed E-state index contributed by atoms with van der Waals surface area (Å²) in [5, 5.41) is 3.34. The Bertz CT molecular complexity index is 3230. The number of fused-ring (bicyclic) bond motifs is 10. The maximum Gasteiger partial charge on any atom is 0.145 e. The van der Waals surface area contributed by atoms with Crippen molar-refractivity contribution in [2.45, 2.75) is 5.41 Å². The standard InChI is InChI=1S/C52H33N5/c1-3-11-36(12-4-1)52(37-13-5-2-6-14-37)44-17-8-7-15-41(44)48-45(52)28-27-42-49-47(18-10-30-54-49)56(50(42)48)38-23-19-34(20-24-38)35-21-25-39(26-22-35)57-46-29-32-53-33-43(46)40-16-9-31-55-51(40)57/h1-33H. The molecular formula is C52H33N5. The van der Waals surface area contributed by atoms with Crippen molar-refractivity contribution in [3.05, 3.63) is 223 Å². The van der Waals surface area contributed by atoms with E-state index in [0.717, 1.165) is 60.9 Å². The molecule has 57 heavy (non-hydrogen) atoms. The van der Waals surface area contributed by atoms with E-state index in [1.165, 1.54) is 38.9 Å². The van der Waals surface area contributed by atoms with Gasteiger partial charge in [-0.05, 0) is 93.5 Å². The van der Waals surface area contributed by atoms with E-state index in [-0.39, 0.29) is 0 Å². The van der Waals surface area contributed by atoms with Crippen LogP contribution >= 0.6 is 0 Å². The zero-order valence-corrected chi connectivity index (χ0v) is 30.8. The number of aromatic nitrogens is 5. The normalized spacial score (nSPS) is 13.1. The van der Waals surface area contributed by atoms with E-state index >= 15 is 0 Å². The maximum absolute atomic E-state index is 4.99. The summed E-state index contributed by atoms with van der Waals surface area (Å²) in [4.78, 5) is 14.1. The van der Waals surface area contributed by atoms with Gasteiger partial charge in [-0.25, -0.2) is 4.98 Å². The Labute approximate surface area is 328 Å². The second kappa shape index (κ2) is 12.2. The Balaban J connectivity index is 1.03. The molecule has 0 radical (unpaired) electrons. The minimum Gasteiger partial charge on any atom is -0.307 e. The maximum atomic E-state index is 4.99. The first-order chi connectivity index (χ1) is 28.3. The lowest BCUT2D eigenvalue weighted by atomic mass is 9.67. The third-order valence-corrected chi connectivity index (χ3v) is 12.0. The molecule has 0 aliphatic heterocycles. The van der Waals surface area contributed by atoms with Crippen molar-refractivity contribution in [2.75, 3.05) is 0 Å². The molecule has 0 atom stereocenters. The summed E-state index contributed by atoms with van der Waals surface area (Å²) >= 11 is 0. The summed E-state index contributed by atoms with van der Waals surface area (Å²) in [6, 6.07) is 63.8. The molecule has 0 spiro atoms. The zero-order valence-electron chi connectivity index (χ0n) is 30.8. The molecule has 0 saturated heterocycles. The predicted octanol–water partition coefficient (Wildman–Crippen LogP) is 12.1. The molecule has 266 valence electrons. The summed E-state index contributed by atoms with van der Waals surface area (Å²) < 4.78 is 4.65. The molecule has 6 aromatic carbocycles. The lowest BCUT2D eigenvalue weighted by molar-refractivity contribution is 0.769. The van der Waals surface area contributed by atoms with Gasteiger partial charge in [0.25, 0.3) is 0 Å². The van der Waals surface area contributed by atoms with E-state index < -0.39 is 5.41 Å². The van der Waals surface area contributed by atoms with Crippen molar-refractivity contribution < 1.29 is 0 Å². The van der Waals surface area contributed by atoms with E-state index in [0.29, 0.717) is 0 Å². The lowest BCUT2D eigenvalue weighted by Crippen LogP contribution is -2.28. The van der Waals surface area contributed by atoms with Gasteiger partial charge in [-0.3, -0.25) is 14.5 Å². The summed E-state index contributed by atoms with van der Waals surface area (Å²) in [6.07, 6.45) is 7.53. The molecule has 5 heteroatoms. The fraction of sp³-hybridized carbons (Fsp3) is 0.0192. The van der Waals surface area contributed by atoms with E-state index in [9.17, 15) is 0 Å². The monoisotopic (exact) mass is 727 g/mol. The van der Waals surface area contributed by atoms with Crippen LogP contribution in [0.3, 0.4) is 0 Å². The van der Waals surface area contributed by atoms with Crippen LogP contribution in [0.2, 0.25) is 0 Å². The van der Waals surface area contributed by atoms with Gasteiger partial charge in [0.05, 0.1) is 27.5 Å². The molecule has 1 aliphatic carbocycles. The Morgan fingerprint density at radius 3 is 1.81 bits per heavy atom. The van der Waals surface area contributed by atoms with Crippen LogP contribution in [0, 0.1) is 0 Å². The van der Waals surface area contributed by atoms with Crippen molar-refractivity contribution in [2.24, 2.45) is 0 Å². The topological polar surface area (TPSA) is 48.5 Å². The summed E-state index contributed by atoms with van der Waals surface area (Å²) in [5.74, 6) is 0. The van der Waals surface area contributed by atoms with Gasteiger partial charge in [-0.15, -0.1) is 0 Å². The Morgan fingerprint density at radius 2 is 1.07 bits per heavy atom. The van der Waals surface area contributed by atoms with Crippen LogP contribution in [0.5, 0.6) is 0 Å². The molecule has 5 aromatic heterocycles. The third-order valence-electron chi connectivity index (χ3n) is 12.0. The Kier molecular flexibility index (Phi) is 6.78. The lowest BCUT2D eigenvalue weighted by Gasteiger charge is -2.33. The van der Waals surface area contributed by atoms with Gasteiger partial charge in [-0.1, -0.05) is 121 Å². The fourth-order valence-corrected chi connectivity index (χ4v) is 9.67. The largest absolute Gasteiger partial charge is 0.307 e. The van der Waals surface area contributed by atoms with Crippen LogP contribution in [0.15, 0.2) is 201 Å². The van der Waals surface area contributed by atoms with Gasteiger partial charge in [0.2, 0.25) is 0 Å². The molecule has 1 aliphatic rings. The Morgan fingerprint density at radius 1 is 0.421 bits per heavy atom. The van der Waals surface area contributed by atoms with Gasteiger partial charge in [0.15, 0.2) is 0 Å². The number of rotatable bonds is 5. The molecule has 11 aromatic rings. The van der Waals surface area contributed by atoms with Crippen LogP contribution in [0.25, 0.3) is 77.5 Å².